The van der Waals surface area contributed by atoms with Crippen molar-refractivity contribution in [3.63, 3.8) is 0 Å². The second-order valence-electron chi connectivity index (χ2n) is 7.55. The molecule has 3 rings (SSSR count). The van der Waals surface area contributed by atoms with Crippen LogP contribution in [0.1, 0.15) is 39.5 Å². The molecule has 4 nitrogen and oxygen atoms in total. The molecular weight excluding hydrogens is 262 g/mol. The quantitative estimate of drug-likeness (QED) is 0.792. The molecule has 3 saturated heterocycles. The topological polar surface area (TPSA) is 26.8 Å². The smallest absolute Gasteiger partial charge is 0.219 e. The van der Waals surface area contributed by atoms with Crippen LogP contribution in [0.3, 0.4) is 0 Å². The maximum absolute atomic E-state index is 11.3. The van der Waals surface area contributed by atoms with Crippen LogP contribution in [0.4, 0.5) is 0 Å². The third-order valence-electron chi connectivity index (χ3n) is 6.09. The van der Waals surface area contributed by atoms with Crippen molar-refractivity contribution >= 4 is 5.91 Å². The van der Waals surface area contributed by atoms with E-state index in [0.29, 0.717) is 5.41 Å². The summed E-state index contributed by atoms with van der Waals surface area (Å²) in [6.45, 7) is 13.6. The zero-order valence-corrected chi connectivity index (χ0v) is 13.8. The molecular formula is C17H31N3O. The Hall–Kier alpha value is -0.610. The monoisotopic (exact) mass is 293 g/mol. The van der Waals surface area contributed by atoms with Gasteiger partial charge in [-0.05, 0) is 64.3 Å². The van der Waals surface area contributed by atoms with Crippen molar-refractivity contribution < 1.29 is 4.79 Å². The first-order valence-electron chi connectivity index (χ1n) is 8.80. The molecule has 1 amide bonds. The predicted molar refractivity (Wildman–Crippen MR) is 85.2 cm³/mol. The standard InChI is InChI=1S/C17H31N3O/c1-3-18-8-4-16(5-9-18)12-19-10-6-17(7-11-19)13-20(14-17)15(2)21/h16H,3-14H2,1-2H3. The molecule has 1 spiro atoms. The summed E-state index contributed by atoms with van der Waals surface area (Å²) >= 11 is 0. The highest BCUT2D eigenvalue weighted by atomic mass is 16.2. The normalized spacial score (nSPS) is 27.8. The van der Waals surface area contributed by atoms with Crippen molar-refractivity contribution in [1.29, 1.82) is 0 Å². The van der Waals surface area contributed by atoms with Gasteiger partial charge in [0.15, 0.2) is 0 Å². The molecule has 0 bridgehead atoms. The van der Waals surface area contributed by atoms with Crippen LogP contribution >= 0.6 is 0 Å². The van der Waals surface area contributed by atoms with Gasteiger partial charge in [0, 0.05) is 32.0 Å². The SMILES string of the molecule is CCN1CCC(CN2CCC3(CC2)CN(C(C)=O)C3)CC1. The Morgan fingerprint density at radius 1 is 1.05 bits per heavy atom. The van der Waals surface area contributed by atoms with Crippen molar-refractivity contribution in [2.75, 3.05) is 52.4 Å². The van der Waals surface area contributed by atoms with E-state index in [1.807, 2.05) is 4.90 Å². The Kier molecular flexibility index (Phi) is 4.55. The first-order valence-corrected chi connectivity index (χ1v) is 8.80. The van der Waals surface area contributed by atoms with Crippen LogP contribution in [0, 0.1) is 11.3 Å². The van der Waals surface area contributed by atoms with E-state index in [1.165, 1.54) is 65.0 Å². The molecule has 3 aliphatic rings. The largest absolute Gasteiger partial charge is 0.342 e. The lowest BCUT2D eigenvalue weighted by Crippen LogP contribution is -2.61. The minimum atomic E-state index is 0.255. The van der Waals surface area contributed by atoms with Crippen LogP contribution in [0.15, 0.2) is 0 Å². The maximum Gasteiger partial charge on any atom is 0.219 e. The summed E-state index contributed by atoms with van der Waals surface area (Å²) in [7, 11) is 0. The van der Waals surface area contributed by atoms with Gasteiger partial charge in [-0.1, -0.05) is 6.92 Å². The molecule has 0 aromatic rings. The molecule has 21 heavy (non-hydrogen) atoms. The van der Waals surface area contributed by atoms with Crippen LogP contribution in [-0.2, 0) is 4.79 Å². The van der Waals surface area contributed by atoms with E-state index in [2.05, 4.69) is 16.7 Å². The average molecular weight is 293 g/mol. The van der Waals surface area contributed by atoms with E-state index >= 15 is 0 Å². The molecule has 3 heterocycles. The lowest BCUT2D eigenvalue weighted by atomic mass is 9.72. The Bertz CT molecular complexity index is 360. The molecule has 3 aliphatic heterocycles. The fourth-order valence-corrected chi connectivity index (χ4v) is 4.36. The van der Waals surface area contributed by atoms with Crippen molar-refractivity contribution in [2.45, 2.75) is 39.5 Å². The summed E-state index contributed by atoms with van der Waals surface area (Å²) in [5.74, 6) is 1.17. The number of hydrogen-bond acceptors (Lipinski definition) is 3. The molecule has 0 aromatic carbocycles. The Labute approximate surface area is 129 Å². The summed E-state index contributed by atoms with van der Waals surface area (Å²) < 4.78 is 0. The molecule has 0 aliphatic carbocycles. The van der Waals surface area contributed by atoms with Crippen molar-refractivity contribution in [3.05, 3.63) is 0 Å². The van der Waals surface area contributed by atoms with Crippen LogP contribution in [0.2, 0.25) is 0 Å². The van der Waals surface area contributed by atoms with E-state index in [4.69, 9.17) is 0 Å². The number of piperidine rings is 2. The number of likely N-dealkylation sites (tertiary alicyclic amines) is 3. The van der Waals surface area contributed by atoms with Gasteiger partial charge in [0.05, 0.1) is 0 Å². The highest BCUT2D eigenvalue weighted by molar-refractivity contribution is 5.74. The summed E-state index contributed by atoms with van der Waals surface area (Å²) in [6, 6.07) is 0. The fraction of sp³-hybridized carbons (Fsp3) is 0.941. The molecule has 0 N–H and O–H groups in total. The Balaban J connectivity index is 1.38. The summed E-state index contributed by atoms with van der Waals surface area (Å²) in [6.07, 6.45) is 5.36. The molecule has 0 atom stereocenters. The first-order chi connectivity index (χ1) is 10.1. The lowest BCUT2D eigenvalue weighted by molar-refractivity contribution is -0.144. The second-order valence-corrected chi connectivity index (χ2v) is 7.55. The van der Waals surface area contributed by atoms with E-state index in [-0.39, 0.29) is 5.91 Å². The van der Waals surface area contributed by atoms with Gasteiger partial charge in [0.1, 0.15) is 0 Å². The second kappa shape index (κ2) is 6.25. The van der Waals surface area contributed by atoms with Crippen LogP contribution in [-0.4, -0.2) is 73.0 Å². The summed E-state index contributed by atoms with van der Waals surface area (Å²) in [5, 5.41) is 0. The lowest BCUT2D eigenvalue weighted by Gasteiger charge is -2.54. The van der Waals surface area contributed by atoms with E-state index in [0.717, 1.165) is 19.0 Å². The molecule has 120 valence electrons. The number of carbonyl (C=O) groups is 1. The summed E-state index contributed by atoms with van der Waals surface area (Å²) in [5.41, 5.74) is 0.480. The molecule has 0 unspecified atom stereocenters. The Morgan fingerprint density at radius 2 is 1.67 bits per heavy atom. The van der Waals surface area contributed by atoms with E-state index < -0.39 is 0 Å². The minimum Gasteiger partial charge on any atom is -0.342 e. The number of amides is 1. The molecule has 4 heteroatoms. The maximum atomic E-state index is 11.3. The van der Waals surface area contributed by atoms with Gasteiger partial charge < -0.3 is 14.7 Å². The van der Waals surface area contributed by atoms with Gasteiger partial charge in [-0.3, -0.25) is 4.79 Å². The van der Waals surface area contributed by atoms with Gasteiger partial charge >= 0.3 is 0 Å². The number of hydrogen-bond donors (Lipinski definition) is 0. The number of carbonyl (C=O) groups excluding carboxylic acids is 1. The molecule has 0 radical (unpaired) electrons. The van der Waals surface area contributed by atoms with Crippen LogP contribution in [0.25, 0.3) is 0 Å². The van der Waals surface area contributed by atoms with E-state index in [9.17, 15) is 4.79 Å². The first kappa shape index (κ1) is 15.3. The molecule has 0 saturated carbocycles. The molecule has 0 aromatic heterocycles. The average Bonchev–Trinajstić information content (AvgIpc) is 2.46. The predicted octanol–water partition coefficient (Wildman–Crippen LogP) is 1.66. The summed E-state index contributed by atoms with van der Waals surface area (Å²) in [4.78, 5) is 18.6. The van der Waals surface area contributed by atoms with Crippen molar-refractivity contribution in [2.24, 2.45) is 11.3 Å². The zero-order valence-electron chi connectivity index (χ0n) is 13.8. The van der Waals surface area contributed by atoms with Crippen LogP contribution in [0.5, 0.6) is 0 Å². The third kappa shape index (κ3) is 3.42. The third-order valence-corrected chi connectivity index (χ3v) is 6.09. The Morgan fingerprint density at radius 3 is 2.19 bits per heavy atom. The van der Waals surface area contributed by atoms with Gasteiger partial charge in [0.2, 0.25) is 5.91 Å². The van der Waals surface area contributed by atoms with Crippen molar-refractivity contribution in [1.82, 2.24) is 14.7 Å². The zero-order chi connectivity index (χ0) is 14.9. The van der Waals surface area contributed by atoms with Crippen molar-refractivity contribution in [3.8, 4) is 0 Å². The minimum absolute atomic E-state index is 0.255. The number of rotatable bonds is 3. The molecule has 3 fully saturated rings. The van der Waals surface area contributed by atoms with Gasteiger partial charge in [-0.2, -0.15) is 0 Å². The van der Waals surface area contributed by atoms with Gasteiger partial charge in [-0.25, -0.2) is 0 Å². The van der Waals surface area contributed by atoms with E-state index in [1.54, 1.807) is 6.92 Å². The highest BCUT2D eigenvalue weighted by Crippen LogP contribution is 2.40. The van der Waals surface area contributed by atoms with Gasteiger partial charge in [-0.15, -0.1) is 0 Å². The van der Waals surface area contributed by atoms with Crippen LogP contribution < -0.4 is 0 Å². The van der Waals surface area contributed by atoms with Gasteiger partial charge in [0.25, 0.3) is 0 Å². The highest BCUT2D eigenvalue weighted by Gasteiger charge is 2.45. The number of nitrogens with zero attached hydrogens (tertiary/aromatic N) is 3. The fourth-order valence-electron chi connectivity index (χ4n) is 4.36.